The van der Waals surface area contributed by atoms with Crippen molar-refractivity contribution in [3.05, 3.63) is 52.9 Å². The standard InChI is InChI=1S/C18H26N2O2/c1-13-16(14(2)22-20-13)10-19-11-17(18(3,4)12-21)15-8-6-5-7-9-15/h5-9,17,19,21H,10-12H2,1-4H3. The van der Waals surface area contributed by atoms with Gasteiger partial charge in [0.05, 0.1) is 5.69 Å². The van der Waals surface area contributed by atoms with Crippen LogP contribution < -0.4 is 5.32 Å². The van der Waals surface area contributed by atoms with E-state index in [0.717, 1.165) is 30.1 Å². The van der Waals surface area contributed by atoms with Crippen molar-refractivity contribution in [1.82, 2.24) is 10.5 Å². The molecule has 1 atom stereocenters. The smallest absolute Gasteiger partial charge is 0.138 e. The zero-order valence-electron chi connectivity index (χ0n) is 13.9. The summed E-state index contributed by atoms with van der Waals surface area (Å²) in [4.78, 5) is 0. The van der Waals surface area contributed by atoms with Crippen molar-refractivity contribution in [2.24, 2.45) is 5.41 Å². The molecule has 0 aliphatic carbocycles. The van der Waals surface area contributed by atoms with Crippen molar-refractivity contribution in [2.75, 3.05) is 13.2 Å². The molecule has 2 rings (SSSR count). The minimum Gasteiger partial charge on any atom is -0.396 e. The highest BCUT2D eigenvalue weighted by atomic mass is 16.5. The van der Waals surface area contributed by atoms with E-state index in [1.54, 1.807) is 0 Å². The molecule has 22 heavy (non-hydrogen) atoms. The zero-order chi connectivity index (χ0) is 16.2. The maximum atomic E-state index is 9.74. The Labute approximate surface area is 132 Å². The Morgan fingerprint density at radius 2 is 1.91 bits per heavy atom. The zero-order valence-corrected chi connectivity index (χ0v) is 13.9. The maximum absolute atomic E-state index is 9.74. The predicted octanol–water partition coefficient (Wildman–Crippen LogP) is 3.18. The fourth-order valence-electron chi connectivity index (χ4n) is 2.74. The largest absolute Gasteiger partial charge is 0.396 e. The molecule has 0 aliphatic heterocycles. The average molecular weight is 302 g/mol. The minimum absolute atomic E-state index is 0.152. The molecule has 1 unspecified atom stereocenters. The first-order chi connectivity index (χ1) is 10.5. The van der Waals surface area contributed by atoms with Gasteiger partial charge in [0.2, 0.25) is 0 Å². The van der Waals surface area contributed by atoms with Crippen molar-refractivity contribution in [2.45, 2.75) is 40.2 Å². The molecule has 0 saturated heterocycles. The lowest BCUT2D eigenvalue weighted by atomic mass is 9.75. The summed E-state index contributed by atoms with van der Waals surface area (Å²) in [5.74, 6) is 1.10. The highest BCUT2D eigenvalue weighted by Gasteiger charge is 2.29. The molecule has 4 nitrogen and oxygen atoms in total. The van der Waals surface area contributed by atoms with Crippen LogP contribution in [0.2, 0.25) is 0 Å². The molecule has 0 bridgehead atoms. The Morgan fingerprint density at radius 1 is 1.23 bits per heavy atom. The summed E-state index contributed by atoms with van der Waals surface area (Å²) in [7, 11) is 0. The third-order valence-electron chi connectivity index (χ3n) is 4.38. The summed E-state index contributed by atoms with van der Waals surface area (Å²) in [6.07, 6.45) is 0. The summed E-state index contributed by atoms with van der Waals surface area (Å²) >= 11 is 0. The molecule has 1 heterocycles. The topological polar surface area (TPSA) is 58.3 Å². The summed E-state index contributed by atoms with van der Waals surface area (Å²) in [5, 5.41) is 17.2. The van der Waals surface area contributed by atoms with Crippen molar-refractivity contribution in [3.63, 3.8) is 0 Å². The Kier molecular flexibility index (Phi) is 5.37. The van der Waals surface area contributed by atoms with Gasteiger partial charge in [-0.1, -0.05) is 49.3 Å². The van der Waals surface area contributed by atoms with E-state index >= 15 is 0 Å². The third-order valence-corrected chi connectivity index (χ3v) is 4.38. The monoisotopic (exact) mass is 302 g/mol. The molecule has 120 valence electrons. The van der Waals surface area contributed by atoms with Gasteiger partial charge in [-0.15, -0.1) is 0 Å². The molecule has 0 radical (unpaired) electrons. The number of rotatable bonds is 7. The van der Waals surface area contributed by atoms with Gasteiger partial charge in [0.15, 0.2) is 0 Å². The molecule has 0 saturated carbocycles. The van der Waals surface area contributed by atoms with E-state index in [0.29, 0.717) is 0 Å². The van der Waals surface area contributed by atoms with Crippen LogP contribution in [-0.4, -0.2) is 23.4 Å². The van der Waals surface area contributed by atoms with Crippen molar-refractivity contribution < 1.29 is 9.63 Å². The molecular weight excluding hydrogens is 276 g/mol. The van der Waals surface area contributed by atoms with Crippen LogP contribution in [0.1, 0.15) is 42.3 Å². The Bertz CT molecular complexity index is 571. The number of hydrogen-bond acceptors (Lipinski definition) is 4. The van der Waals surface area contributed by atoms with Crippen molar-refractivity contribution in [1.29, 1.82) is 0 Å². The van der Waals surface area contributed by atoms with Crippen LogP contribution in [0, 0.1) is 19.3 Å². The van der Waals surface area contributed by atoms with Crippen LogP contribution in [0.5, 0.6) is 0 Å². The highest BCUT2D eigenvalue weighted by molar-refractivity contribution is 5.23. The van der Waals surface area contributed by atoms with Gasteiger partial charge in [0.25, 0.3) is 0 Å². The predicted molar refractivity (Wildman–Crippen MR) is 87.7 cm³/mol. The Morgan fingerprint density at radius 3 is 2.45 bits per heavy atom. The molecule has 0 fully saturated rings. The second-order valence-corrected chi connectivity index (χ2v) is 6.54. The first-order valence-corrected chi connectivity index (χ1v) is 7.74. The first kappa shape index (κ1) is 16.7. The Balaban J connectivity index is 2.08. The van der Waals surface area contributed by atoms with E-state index in [4.69, 9.17) is 4.52 Å². The van der Waals surface area contributed by atoms with Crippen molar-refractivity contribution >= 4 is 0 Å². The minimum atomic E-state index is -0.187. The van der Waals surface area contributed by atoms with Gasteiger partial charge in [0, 0.05) is 31.2 Å². The summed E-state index contributed by atoms with van der Waals surface area (Å²) in [6, 6.07) is 10.4. The molecule has 4 heteroatoms. The van der Waals surface area contributed by atoms with Gasteiger partial charge in [0.1, 0.15) is 5.76 Å². The van der Waals surface area contributed by atoms with Gasteiger partial charge in [-0.3, -0.25) is 0 Å². The lowest BCUT2D eigenvalue weighted by Gasteiger charge is -2.33. The highest BCUT2D eigenvalue weighted by Crippen LogP contribution is 2.34. The van der Waals surface area contributed by atoms with Crippen LogP contribution in [-0.2, 0) is 6.54 Å². The van der Waals surface area contributed by atoms with Gasteiger partial charge in [-0.05, 0) is 24.8 Å². The number of nitrogens with zero attached hydrogens (tertiary/aromatic N) is 1. The van der Waals surface area contributed by atoms with E-state index in [9.17, 15) is 5.11 Å². The number of aryl methyl sites for hydroxylation is 2. The van der Waals surface area contributed by atoms with Crippen LogP contribution in [0.3, 0.4) is 0 Å². The van der Waals surface area contributed by atoms with Crippen molar-refractivity contribution in [3.8, 4) is 0 Å². The van der Waals surface area contributed by atoms with E-state index in [1.165, 1.54) is 5.56 Å². The molecule has 0 spiro atoms. The number of aliphatic hydroxyl groups excluding tert-OH is 1. The number of benzene rings is 1. The second-order valence-electron chi connectivity index (χ2n) is 6.54. The number of aliphatic hydroxyl groups is 1. The fourth-order valence-corrected chi connectivity index (χ4v) is 2.74. The van der Waals surface area contributed by atoms with E-state index in [-0.39, 0.29) is 17.9 Å². The van der Waals surface area contributed by atoms with Crippen LogP contribution >= 0.6 is 0 Å². The summed E-state index contributed by atoms with van der Waals surface area (Å²) in [6.45, 7) is 9.76. The third kappa shape index (κ3) is 3.76. The molecule has 2 N–H and O–H groups in total. The molecule has 0 amide bonds. The van der Waals surface area contributed by atoms with Crippen LogP contribution in [0.15, 0.2) is 34.9 Å². The van der Waals surface area contributed by atoms with E-state index < -0.39 is 0 Å². The lowest BCUT2D eigenvalue weighted by Crippen LogP contribution is -2.34. The molecule has 1 aromatic carbocycles. The summed E-state index contributed by atoms with van der Waals surface area (Å²) in [5.41, 5.74) is 3.11. The molecule has 2 aromatic rings. The Hall–Kier alpha value is -1.65. The van der Waals surface area contributed by atoms with Gasteiger partial charge < -0.3 is 14.9 Å². The van der Waals surface area contributed by atoms with E-state index in [1.807, 2.05) is 32.0 Å². The lowest BCUT2D eigenvalue weighted by molar-refractivity contribution is 0.129. The van der Waals surface area contributed by atoms with Crippen LogP contribution in [0.4, 0.5) is 0 Å². The van der Waals surface area contributed by atoms with Gasteiger partial charge in [-0.2, -0.15) is 0 Å². The number of hydrogen-bond donors (Lipinski definition) is 2. The fraction of sp³-hybridized carbons (Fsp3) is 0.500. The first-order valence-electron chi connectivity index (χ1n) is 7.74. The molecular formula is C18H26N2O2. The average Bonchev–Trinajstić information content (AvgIpc) is 2.83. The number of nitrogens with one attached hydrogen (secondary N) is 1. The SMILES string of the molecule is Cc1noc(C)c1CNCC(c1ccccc1)C(C)(C)CO. The second kappa shape index (κ2) is 7.07. The maximum Gasteiger partial charge on any atom is 0.138 e. The van der Waals surface area contributed by atoms with Crippen LogP contribution in [0.25, 0.3) is 0 Å². The van der Waals surface area contributed by atoms with Gasteiger partial charge >= 0.3 is 0 Å². The summed E-state index contributed by atoms with van der Waals surface area (Å²) < 4.78 is 5.20. The normalized spacial score (nSPS) is 13.3. The molecule has 1 aromatic heterocycles. The number of aromatic nitrogens is 1. The quantitative estimate of drug-likeness (QED) is 0.824. The van der Waals surface area contributed by atoms with E-state index in [2.05, 4.69) is 36.5 Å². The molecule has 0 aliphatic rings. The van der Waals surface area contributed by atoms with Gasteiger partial charge in [-0.25, -0.2) is 0 Å².